The first-order chi connectivity index (χ1) is 7.43. The number of ether oxygens (including phenoxy) is 1. The van der Waals surface area contributed by atoms with Crippen LogP contribution in [-0.4, -0.2) is 29.0 Å². The third-order valence-corrected chi connectivity index (χ3v) is 2.53. The van der Waals surface area contributed by atoms with Crippen LogP contribution in [0.25, 0.3) is 0 Å². The van der Waals surface area contributed by atoms with Crippen molar-refractivity contribution in [3.05, 3.63) is 5.01 Å². The number of halogens is 3. The molecule has 1 heterocycles. The molecule has 0 aromatic carbocycles. The van der Waals surface area contributed by atoms with Crippen molar-refractivity contribution < 1.29 is 17.9 Å². The minimum Gasteiger partial charge on any atom is -0.456 e. The molecule has 92 valence electrons. The third-order valence-electron chi connectivity index (χ3n) is 1.71. The summed E-state index contributed by atoms with van der Waals surface area (Å²) in [5, 5.41) is 10.8. The molecule has 1 N–H and O–H groups in total. The maximum atomic E-state index is 12.2. The third kappa shape index (κ3) is 3.93. The normalized spacial score (nSPS) is 13.8. The van der Waals surface area contributed by atoms with Crippen LogP contribution in [0.1, 0.15) is 18.9 Å². The molecule has 0 fully saturated rings. The molecule has 4 nitrogen and oxygen atoms in total. The van der Waals surface area contributed by atoms with Crippen LogP contribution in [0.3, 0.4) is 0 Å². The highest BCUT2D eigenvalue weighted by Crippen LogP contribution is 2.26. The van der Waals surface area contributed by atoms with Crippen molar-refractivity contribution in [1.82, 2.24) is 15.5 Å². The number of nitrogens with one attached hydrogen (secondary N) is 1. The van der Waals surface area contributed by atoms with Crippen molar-refractivity contribution in [3.63, 3.8) is 0 Å². The average molecular weight is 255 g/mol. The molecule has 0 radical (unpaired) electrons. The van der Waals surface area contributed by atoms with Gasteiger partial charge in [-0.3, -0.25) is 0 Å². The van der Waals surface area contributed by atoms with Gasteiger partial charge in [0.25, 0.3) is 5.19 Å². The Morgan fingerprint density at radius 2 is 2.12 bits per heavy atom. The highest BCUT2D eigenvalue weighted by Gasteiger charge is 2.38. The van der Waals surface area contributed by atoms with Crippen LogP contribution >= 0.6 is 11.3 Å². The molecule has 0 aliphatic heterocycles. The molecule has 1 unspecified atom stereocenters. The first-order valence-corrected chi connectivity index (χ1v) is 5.51. The van der Waals surface area contributed by atoms with Crippen LogP contribution in [0.15, 0.2) is 0 Å². The van der Waals surface area contributed by atoms with Crippen LogP contribution in [0.2, 0.25) is 0 Å². The second-order valence-corrected chi connectivity index (χ2v) is 4.07. The summed E-state index contributed by atoms with van der Waals surface area (Å²) >= 11 is 1.01. The van der Waals surface area contributed by atoms with Gasteiger partial charge in [0.2, 0.25) is 0 Å². The Hall–Kier alpha value is -0.890. The van der Waals surface area contributed by atoms with E-state index in [0.717, 1.165) is 24.8 Å². The van der Waals surface area contributed by atoms with Gasteiger partial charge in [-0.2, -0.15) is 13.2 Å². The highest BCUT2D eigenvalue weighted by molar-refractivity contribution is 7.13. The van der Waals surface area contributed by atoms with Gasteiger partial charge >= 0.3 is 6.18 Å². The summed E-state index contributed by atoms with van der Waals surface area (Å²) in [6, 6.07) is 0. The summed E-state index contributed by atoms with van der Waals surface area (Å²) < 4.78 is 41.1. The largest absolute Gasteiger partial charge is 0.456 e. The summed E-state index contributed by atoms with van der Waals surface area (Å²) in [7, 11) is 0. The van der Waals surface area contributed by atoms with Crippen molar-refractivity contribution in [2.24, 2.45) is 0 Å². The Bertz CT molecular complexity index is 329. The number of hydrogen-bond acceptors (Lipinski definition) is 5. The van der Waals surface area contributed by atoms with Crippen molar-refractivity contribution >= 4 is 11.3 Å². The molecule has 16 heavy (non-hydrogen) atoms. The zero-order valence-corrected chi connectivity index (χ0v) is 9.65. The average Bonchev–Trinajstić information content (AvgIpc) is 2.61. The van der Waals surface area contributed by atoms with E-state index in [2.05, 4.69) is 20.3 Å². The van der Waals surface area contributed by atoms with Crippen molar-refractivity contribution in [3.8, 4) is 5.19 Å². The lowest BCUT2D eigenvalue weighted by atomic mass is 10.4. The molecule has 1 aromatic rings. The van der Waals surface area contributed by atoms with E-state index in [9.17, 15) is 13.2 Å². The Morgan fingerprint density at radius 3 is 2.69 bits per heavy atom. The van der Waals surface area contributed by atoms with E-state index in [1.165, 1.54) is 0 Å². The molecule has 8 heteroatoms. The number of aromatic nitrogens is 2. The molecular weight excluding hydrogens is 243 g/mol. The van der Waals surface area contributed by atoms with Gasteiger partial charge < -0.3 is 10.1 Å². The van der Waals surface area contributed by atoms with E-state index in [4.69, 9.17) is 0 Å². The maximum absolute atomic E-state index is 12.2. The van der Waals surface area contributed by atoms with Crippen LogP contribution < -0.4 is 10.1 Å². The van der Waals surface area contributed by atoms with Gasteiger partial charge in [-0.25, -0.2) is 0 Å². The van der Waals surface area contributed by atoms with Gasteiger partial charge in [0.05, 0.1) is 0 Å². The van der Waals surface area contributed by atoms with Crippen LogP contribution in [0.4, 0.5) is 13.2 Å². The molecule has 1 rings (SSSR count). The fourth-order valence-electron chi connectivity index (χ4n) is 0.807. The minimum atomic E-state index is -4.38. The number of alkyl halides is 3. The first-order valence-electron chi connectivity index (χ1n) is 4.70. The minimum absolute atomic E-state index is 0.0577. The molecule has 1 aromatic heterocycles. The summed E-state index contributed by atoms with van der Waals surface area (Å²) in [4.78, 5) is 0. The second-order valence-electron chi connectivity index (χ2n) is 3.04. The van der Waals surface area contributed by atoms with Crippen LogP contribution in [0, 0.1) is 0 Å². The Morgan fingerprint density at radius 1 is 1.44 bits per heavy atom. The Kier molecular flexibility index (Phi) is 4.48. The zero-order valence-electron chi connectivity index (χ0n) is 8.84. The molecule has 0 amide bonds. The quantitative estimate of drug-likeness (QED) is 0.874. The predicted octanol–water partition coefficient (Wildman–Crippen LogP) is 1.98. The fraction of sp³-hybridized carbons (Fsp3) is 0.750. The SMILES string of the molecule is CCNCc1nnc(OC(C)C(F)(F)F)s1. The second kappa shape index (κ2) is 5.44. The zero-order chi connectivity index (χ0) is 12.2. The molecule has 0 saturated carbocycles. The van der Waals surface area contributed by atoms with Gasteiger partial charge in [0.1, 0.15) is 5.01 Å². The van der Waals surface area contributed by atoms with Gasteiger partial charge in [0.15, 0.2) is 6.10 Å². The molecular formula is C8H12F3N3OS. The number of rotatable bonds is 5. The smallest absolute Gasteiger partial charge is 0.425 e. The molecule has 0 spiro atoms. The lowest BCUT2D eigenvalue weighted by molar-refractivity contribution is -0.189. The predicted molar refractivity (Wildman–Crippen MR) is 53.4 cm³/mol. The van der Waals surface area contributed by atoms with Gasteiger partial charge in [-0.1, -0.05) is 23.4 Å². The topological polar surface area (TPSA) is 47.0 Å². The van der Waals surface area contributed by atoms with Gasteiger partial charge in [-0.05, 0) is 13.5 Å². The number of nitrogens with zero attached hydrogens (tertiary/aromatic N) is 2. The lowest BCUT2D eigenvalue weighted by Gasteiger charge is -2.14. The molecule has 0 saturated heterocycles. The molecule has 0 aliphatic carbocycles. The van der Waals surface area contributed by atoms with Gasteiger partial charge in [0, 0.05) is 6.54 Å². The summed E-state index contributed by atoms with van der Waals surface area (Å²) in [6.45, 7) is 4.10. The standard InChI is InChI=1S/C8H12F3N3OS/c1-3-12-4-6-13-14-7(16-6)15-5(2)8(9,10)11/h5,12H,3-4H2,1-2H3. The monoisotopic (exact) mass is 255 g/mol. The summed E-state index contributed by atoms with van der Waals surface area (Å²) in [5.41, 5.74) is 0. The van der Waals surface area contributed by atoms with E-state index < -0.39 is 12.3 Å². The first kappa shape index (κ1) is 13.2. The summed E-state index contributed by atoms with van der Waals surface area (Å²) in [5.74, 6) is 0. The van der Waals surface area contributed by atoms with Crippen LogP contribution in [0.5, 0.6) is 5.19 Å². The van der Waals surface area contributed by atoms with E-state index in [0.29, 0.717) is 11.6 Å². The van der Waals surface area contributed by atoms with E-state index in [-0.39, 0.29) is 5.19 Å². The van der Waals surface area contributed by atoms with Crippen molar-refractivity contribution in [1.29, 1.82) is 0 Å². The molecule has 1 atom stereocenters. The highest BCUT2D eigenvalue weighted by atomic mass is 32.1. The lowest BCUT2D eigenvalue weighted by Crippen LogP contribution is -2.31. The Balaban J connectivity index is 2.52. The van der Waals surface area contributed by atoms with Gasteiger partial charge in [-0.15, -0.1) is 5.10 Å². The number of hydrogen-bond donors (Lipinski definition) is 1. The molecule has 0 aliphatic rings. The maximum Gasteiger partial charge on any atom is 0.425 e. The van der Waals surface area contributed by atoms with Crippen molar-refractivity contribution in [2.45, 2.75) is 32.7 Å². The fourth-order valence-corrected chi connectivity index (χ4v) is 1.54. The van der Waals surface area contributed by atoms with E-state index in [1.54, 1.807) is 0 Å². The molecule has 0 bridgehead atoms. The summed E-state index contributed by atoms with van der Waals surface area (Å²) in [6.07, 6.45) is -6.25. The van der Waals surface area contributed by atoms with Crippen LogP contribution in [-0.2, 0) is 6.54 Å². The van der Waals surface area contributed by atoms with E-state index in [1.807, 2.05) is 6.92 Å². The van der Waals surface area contributed by atoms with Crippen molar-refractivity contribution in [2.75, 3.05) is 6.54 Å². The van der Waals surface area contributed by atoms with E-state index >= 15 is 0 Å². The Labute approximate surface area is 94.8 Å².